The van der Waals surface area contributed by atoms with Gasteiger partial charge in [0.2, 0.25) is 11.2 Å². The number of benzene rings is 2. The van der Waals surface area contributed by atoms with E-state index in [-0.39, 0.29) is 17.8 Å². The lowest BCUT2D eigenvalue weighted by Crippen LogP contribution is -2.23. The molecule has 0 bridgehead atoms. The second-order valence-electron chi connectivity index (χ2n) is 5.61. The SMILES string of the molecule is O=C1CN(c2c(O)ccc(-c3cnn(-c4ccccc4)c3)c2F)S(=O)N1. The van der Waals surface area contributed by atoms with Crippen LogP contribution in [-0.4, -0.2) is 31.5 Å². The van der Waals surface area contributed by atoms with Crippen LogP contribution in [0.25, 0.3) is 16.8 Å². The van der Waals surface area contributed by atoms with Gasteiger partial charge in [0.25, 0.3) is 5.91 Å². The summed E-state index contributed by atoms with van der Waals surface area (Å²) in [6.07, 6.45) is 3.15. The second kappa shape index (κ2) is 6.26. The Morgan fingerprint density at radius 2 is 1.96 bits per heavy atom. The lowest BCUT2D eigenvalue weighted by atomic mass is 10.1. The largest absolute Gasteiger partial charge is 0.506 e. The molecule has 1 aliphatic heterocycles. The highest BCUT2D eigenvalue weighted by atomic mass is 32.2. The molecule has 2 heterocycles. The number of amides is 1. The van der Waals surface area contributed by atoms with Crippen molar-refractivity contribution in [1.82, 2.24) is 14.5 Å². The van der Waals surface area contributed by atoms with Crippen molar-refractivity contribution in [1.29, 1.82) is 0 Å². The molecule has 1 amide bonds. The summed E-state index contributed by atoms with van der Waals surface area (Å²) in [5.74, 6) is -1.68. The Morgan fingerprint density at radius 3 is 2.65 bits per heavy atom. The van der Waals surface area contributed by atoms with E-state index in [1.165, 1.54) is 18.3 Å². The van der Waals surface area contributed by atoms with Gasteiger partial charge in [-0.25, -0.2) is 13.3 Å². The van der Waals surface area contributed by atoms with Crippen LogP contribution in [0.3, 0.4) is 0 Å². The lowest BCUT2D eigenvalue weighted by Gasteiger charge is -2.17. The van der Waals surface area contributed by atoms with Crippen LogP contribution in [0.15, 0.2) is 54.9 Å². The van der Waals surface area contributed by atoms with Gasteiger partial charge >= 0.3 is 0 Å². The Morgan fingerprint density at radius 1 is 1.19 bits per heavy atom. The van der Waals surface area contributed by atoms with Crippen molar-refractivity contribution in [2.75, 3.05) is 10.8 Å². The van der Waals surface area contributed by atoms with E-state index in [2.05, 4.69) is 9.82 Å². The molecule has 1 fully saturated rings. The first-order valence-electron chi connectivity index (χ1n) is 7.65. The number of aromatic nitrogens is 2. The zero-order valence-electron chi connectivity index (χ0n) is 13.3. The summed E-state index contributed by atoms with van der Waals surface area (Å²) in [4.78, 5) is 11.4. The quantitative estimate of drug-likeness (QED) is 0.735. The van der Waals surface area contributed by atoms with Crippen LogP contribution in [0.4, 0.5) is 10.1 Å². The van der Waals surface area contributed by atoms with Crippen molar-refractivity contribution in [3.8, 4) is 22.6 Å². The number of aromatic hydroxyl groups is 1. The average molecular weight is 372 g/mol. The normalized spacial score (nSPS) is 16.7. The molecule has 9 heteroatoms. The fourth-order valence-electron chi connectivity index (χ4n) is 2.73. The van der Waals surface area contributed by atoms with Crippen LogP contribution in [0.1, 0.15) is 0 Å². The van der Waals surface area contributed by atoms with E-state index in [0.717, 1.165) is 9.99 Å². The fourth-order valence-corrected chi connectivity index (χ4v) is 3.68. The van der Waals surface area contributed by atoms with Crippen LogP contribution >= 0.6 is 0 Å². The Labute approximate surface area is 150 Å². The van der Waals surface area contributed by atoms with Gasteiger partial charge < -0.3 is 5.11 Å². The molecule has 3 aromatic rings. The highest BCUT2D eigenvalue weighted by Crippen LogP contribution is 2.38. The molecule has 2 N–H and O–H groups in total. The van der Waals surface area contributed by atoms with Crippen LogP contribution in [0.5, 0.6) is 5.75 Å². The van der Waals surface area contributed by atoms with E-state index in [0.29, 0.717) is 5.56 Å². The molecule has 1 aliphatic rings. The zero-order valence-corrected chi connectivity index (χ0v) is 14.1. The van der Waals surface area contributed by atoms with Crippen LogP contribution < -0.4 is 9.03 Å². The summed E-state index contributed by atoms with van der Waals surface area (Å²) in [5.41, 5.74) is 1.19. The van der Waals surface area contributed by atoms with E-state index in [4.69, 9.17) is 0 Å². The summed E-state index contributed by atoms with van der Waals surface area (Å²) in [6.45, 7) is -0.302. The first-order valence-corrected chi connectivity index (χ1v) is 8.76. The van der Waals surface area contributed by atoms with Gasteiger partial charge in [-0.05, 0) is 24.3 Å². The van der Waals surface area contributed by atoms with Crippen molar-refractivity contribution in [3.05, 3.63) is 60.7 Å². The third-order valence-corrected chi connectivity index (χ3v) is 5.06. The number of carbonyl (C=O) groups is 1. The maximum absolute atomic E-state index is 15.1. The van der Waals surface area contributed by atoms with Crippen LogP contribution in [0, 0.1) is 5.82 Å². The molecule has 1 unspecified atom stereocenters. The van der Waals surface area contributed by atoms with Gasteiger partial charge in [-0.1, -0.05) is 18.2 Å². The number of halogens is 1. The molecule has 0 saturated carbocycles. The van der Waals surface area contributed by atoms with Gasteiger partial charge in [0.05, 0.1) is 11.9 Å². The predicted octanol–water partition coefficient (Wildman–Crippen LogP) is 1.90. The van der Waals surface area contributed by atoms with Crippen molar-refractivity contribution in [3.63, 3.8) is 0 Å². The van der Waals surface area contributed by atoms with Gasteiger partial charge in [-0.15, -0.1) is 0 Å². The molecule has 26 heavy (non-hydrogen) atoms. The van der Waals surface area contributed by atoms with Gasteiger partial charge in [0.15, 0.2) is 5.82 Å². The minimum absolute atomic E-state index is 0.177. The van der Waals surface area contributed by atoms with Gasteiger partial charge in [0, 0.05) is 17.3 Å². The monoisotopic (exact) mass is 372 g/mol. The number of anilines is 1. The summed E-state index contributed by atoms with van der Waals surface area (Å²) >= 11 is -1.94. The number of phenolic OH excluding ortho intramolecular Hbond substituents is 1. The Balaban J connectivity index is 1.77. The maximum Gasteiger partial charge on any atom is 0.253 e. The smallest absolute Gasteiger partial charge is 0.253 e. The number of hydrogen-bond donors (Lipinski definition) is 2. The van der Waals surface area contributed by atoms with Crippen molar-refractivity contribution in [2.45, 2.75) is 0 Å². The van der Waals surface area contributed by atoms with E-state index in [1.807, 2.05) is 30.3 Å². The molecule has 0 aliphatic carbocycles. The summed E-state index contributed by atoms with van der Waals surface area (Å²) in [6, 6.07) is 12.0. The molecule has 0 spiro atoms. The third kappa shape index (κ3) is 2.72. The Bertz CT molecular complexity index is 1020. The number of hydrogen-bond acceptors (Lipinski definition) is 4. The molecule has 1 saturated heterocycles. The van der Waals surface area contributed by atoms with Gasteiger partial charge in [-0.3, -0.25) is 13.8 Å². The highest BCUT2D eigenvalue weighted by Gasteiger charge is 2.32. The number of phenols is 1. The number of para-hydroxylation sites is 1. The first kappa shape index (κ1) is 16.3. The topological polar surface area (TPSA) is 87.5 Å². The number of carbonyl (C=O) groups excluding carboxylic acids is 1. The van der Waals surface area contributed by atoms with E-state index in [1.54, 1.807) is 10.9 Å². The molecular weight excluding hydrogens is 359 g/mol. The first-order chi connectivity index (χ1) is 12.5. The molecule has 1 aromatic heterocycles. The van der Waals surface area contributed by atoms with Gasteiger partial charge in [0.1, 0.15) is 18.0 Å². The zero-order chi connectivity index (χ0) is 18.3. The maximum atomic E-state index is 15.1. The van der Waals surface area contributed by atoms with Crippen LogP contribution in [0.2, 0.25) is 0 Å². The van der Waals surface area contributed by atoms with Crippen molar-refractivity contribution >= 4 is 22.8 Å². The van der Waals surface area contributed by atoms with E-state index >= 15 is 4.39 Å². The molecular formula is C17H13FN4O3S. The summed E-state index contributed by atoms with van der Waals surface area (Å²) in [7, 11) is 0. The summed E-state index contributed by atoms with van der Waals surface area (Å²) < 4.78 is 31.8. The number of rotatable bonds is 3. The predicted molar refractivity (Wildman–Crippen MR) is 94.3 cm³/mol. The Kier molecular flexibility index (Phi) is 3.92. The second-order valence-corrected chi connectivity index (χ2v) is 6.76. The van der Waals surface area contributed by atoms with E-state index < -0.39 is 28.6 Å². The number of nitrogens with zero attached hydrogens (tertiary/aromatic N) is 3. The average Bonchev–Trinajstić information content (AvgIpc) is 3.23. The molecule has 132 valence electrons. The molecule has 0 radical (unpaired) electrons. The third-order valence-electron chi connectivity index (χ3n) is 3.95. The minimum Gasteiger partial charge on any atom is -0.506 e. The lowest BCUT2D eigenvalue weighted by molar-refractivity contribution is -0.117. The van der Waals surface area contributed by atoms with E-state index in [9.17, 15) is 14.1 Å². The molecule has 1 atom stereocenters. The summed E-state index contributed by atoms with van der Waals surface area (Å²) in [5, 5.41) is 14.3. The standard InChI is InChI=1S/C17H13FN4O3S/c18-16-13(11-8-19-21(9-11)12-4-2-1-3-5-12)6-7-14(23)17(16)22-10-15(24)20-26(22)25/h1-9,23H,10H2,(H,20,24). The fraction of sp³-hybridized carbons (Fsp3) is 0.0588. The van der Waals surface area contributed by atoms with Gasteiger partial charge in [-0.2, -0.15) is 5.10 Å². The molecule has 4 rings (SSSR count). The minimum atomic E-state index is -1.94. The van der Waals surface area contributed by atoms with Crippen molar-refractivity contribution in [2.24, 2.45) is 0 Å². The molecule has 2 aromatic carbocycles. The Hall–Kier alpha value is -3.20. The van der Waals surface area contributed by atoms with Crippen LogP contribution in [-0.2, 0) is 16.0 Å². The molecule has 7 nitrogen and oxygen atoms in total. The van der Waals surface area contributed by atoms with Crippen molar-refractivity contribution < 1.29 is 18.5 Å². The highest BCUT2D eigenvalue weighted by molar-refractivity contribution is 7.85. The number of nitrogens with one attached hydrogen (secondary N) is 1.